The van der Waals surface area contributed by atoms with Gasteiger partial charge in [-0.15, -0.1) is 0 Å². The van der Waals surface area contributed by atoms with Crippen LogP contribution in [0.1, 0.15) is 53.0 Å². The summed E-state index contributed by atoms with van der Waals surface area (Å²) < 4.78 is 32.2. The number of hydrogen-bond donors (Lipinski definition) is 0. The summed E-state index contributed by atoms with van der Waals surface area (Å²) in [6.45, 7) is 11.8. The van der Waals surface area contributed by atoms with Crippen LogP contribution in [0.15, 0.2) is 18.2 Å². The predicted octanol–water partition coefficient (Wildman–Crippen LogP) is 5.26. The minimum absolute atomic E-state index is 0.0927. The van der Waals surface area contributed by atoms with Gasteiger partial charge in [-0.3, -0.25) is 0 Å². The first-order valence-corrected chi connectivity index (χ1v) is 8.80. The van der Waals surface area contributed by atoms with Crippen LogP contribution in [0.4, 0.5) is 4.39 Å². The van der Waals surface area contributed by atoms with Gasteiger partial charge in [-0.05, 0) is 24.0 Å². The minimum atomic E-state index is -0.952. The van der Waals surface area contributed by atoms with Crippen molar-refractivity contribution in [3.05, 3.63) is 34.6 Å². The van der Waals surface area contributed by atoms with Crippen LogP contribution in [0, 0.1) is 16.6 Å². The first kappa shape index (κ1) is 18.1. The van der Waals surface area contributed by atoms with Crippen LogP contribution in [-0.4, -0.2) is 19.0 Å². The lowest BCUT2D eigenvalue weighted by molar-refractivity contribution is -0.358. The lowest BCUT2D eigenvalue weighted by atomic mass is 9.71. The molecule has 3 rings (SSSR count). The molecule has 1 aromatic carbocycles. The fourth-order valence-electron chi connectivity index (χ4n) is 3.31. The van der Waals surface area contributed by atoms with Crippen molar-refractivity contribution in [2.24, 2.45) is 10.8 Å². The third-order valence-electron chi connectivity index (χ3n) is 5.06. The van der Waals surface area contributed by atoms with Crippen molar-refractivity contribution in [3.8, 4) is 0 Å². The van der Waals surface area contributed by atoms with E-state index in [0.717, 1.165) is 12.8 Å². The summed E-state index contributed by atoms with van der Waals surface area (Å²) in [5, 5.41) is 0.0927. The molecular formula is C19H26ClFO3. The van der Waals surface area contributed by atoms with Crippen LogP contribution in [0.2, 0.25) is 5.02 Å². The van der Waals surface area contributed by atoms with Crippen molar-refractivity contribution < 1.29 is 18.6 Å². The van der Waals surface area contributed by atoms with E-state index < -0.39 is 17.4 Å². The van der Waals surface area contributed by atoms with Gasteiger partial charge in [-0.1, -0.05) is 52.3 Å². The molecule has 1 aromatic rings. The maximum Gasteiger partial charge on any atom is 0.222 e. The van der Waals surface area contributed by atoms with Gasteiger partial charge in [0.25, 0.3) is 0 Å². The van der Waals surface area contributed by atoms with Crippen LogP contribution < -0.4 is 0 Å². The van der Waals surface area contributed by atoms with E-state index in [2.05, 4.69) is 34.6 Å². The summed E-state index contributed by atoms with van der Waals surface area (Å²) in [5.74, 6) is -2.21. The van der Waals surface area contributed by atoms with Crippen LogP contribution in [0.25, 0.3) is 0 Å². The van der Waals surface area contributed by atoms with Gasteiger partial charge in [0.2, 0.25) is 5.79 Å². The summed E-state index contributed by atoms with van der Waals surface area (Å²) in [5.41, 5.74) is 0.488. The van der Waals surface area contributed by atoms with Gasteiger partial charge < -0.3 is 14.2 Å². The highest BCUT2D eigenvalue weighted by atomic mass is 35.5. The zero-order chi connectivity index (χ0) is 17.8. The van der Waals surface area contributed by atoms with Gasteiger partial charge in [0, 0.05) is 17.4 Å². The molecular weight excluding hydrogens is 331 g/mol. The molecule has 0 N–H and O–H groups in total. The van der Waals surface area contributed by atoms with Gasteiger partial charge in [0.1, 0.15) is 12.4 Å². The topological polar surface area (TPSA) is 31.0 Å². The molecule has 3 nitrogen and oxygen atoms in total. The largest absolute Gasteiger partial charge is 0.349 e. The summed E-state index contributed by atoms with van der Waals surface area (Å²) in [6.07, 6.45) is 1.74. The lowest BCUT2D eigenvalue weighted by Gasteiger charge is -2.52. The number of epoxide rings is 1. The van der Waals surface area contributed by atoms with Gasteiger partial charge in [0.15, 0.2) is 5.79 Å². The summed E-state index contributed by atoms with van der Waals surface area (Å²) in [4.78, 5) is 0. The van der Waals surface area contributed by atoms with Crippen molar-refractivity contribution in [2.45, 2.75) is 59.0 Å². The molecule has 0 spiro atoms. The van der Waals surface area contributed by atoms with Gasteiger partial charge in [-0.2, -0.15) is 0 Å². The monoisotopic (exact) mass is 356 g/mol. The fraction of sp³-hybridized carbons (Fsp3) is 0.684. The van der Waals surface area contributed by atoms with E-state index in [1.165, 1.54) is 12.1 Å². The number of benzene rings is 1. The van der Waals surface area contributed by atoms with Crippen molar-refractivity contribution >= 4 is 11.6 Å². The van der Waals surface area contributed by atoms with E-state index in [4.69, 9.17) is 25.8 Å². The van der Waals surface area contributed by atoms with E-state index in [1.807, 2.05) is 0 Å². The highest BCUT2D eigenvalue weighted by molar-refractivity contribution is 6.30. The van der Waals surface area contributed by atoms with Crippen LogP contribution in [0.3, 0.4) is 0 Å². The third kappa shape index (κ3) is 3.22. The lowest BCUT2D eigenvalue weighted by Crippen LogP contribution is -2.55. The summed E-state index contributed by atoms with van der Waals surface area (Å²) in [6, 6.07) is 4.68. The maximum atomic E-state index is 13.9. The number of hydrogen-bond acceptors (Lipinski definition) is 3. The highest BCUT2D eigenvalue weighted by Gasteiger charge is 2.60. The predicted molar refractivity (Wildman–Crippen MR) is 91.3 cm³/mol. The van der Waals surface area contributed by atoms with E-state index in [1.54, 1.807) is 6.07 Å². The molecule has 0 radical (unpaired) electrons. The second-order valence-corrected chi connectivity index (χ2v) is 9.12. The Morgan fingerprint density at radius 1 is 1.21 bits per heavy atom. The molecule has 0 amide bonds. The molecule has 2 atom stereocenters. The van der Waals surface area contributed by atoms with E-state index in [9.17, 15) is 4.39 Å². The molecule has 2 unspecified atom stereocenters. The minimum Gasteiger partial charge on any atom is -0.349 e. The normalized spacial score (nSPS) is 32.6. The number of halogens is 2. The van der Waals surface area contributed by atoms with Crippen LogP contribution >= 0.6 is 11.6 Å². The molecule has 2 saturated heterocycles. The Hall–Kier alpha value is -0.680. The van der Waals surface area contributed by atoms with Crippen LogP contribution in [0.5, 0.6) is 0 Å². The van der Waals surface area contributed by atoms with Gasteiger partial charge in [0.05, 0.1) is 11.6 Å². The smallest absolute Gasteiger partial charge is 0.222 e. The number of rotatable bonds is 3. The maximum absolute atomic E-state index is 13.9. The third-order valence-corrected chi connectivity index (χ3v) is 5.37. The summed E-state index contributed by atoms with van der Waals surface area (Å²) in [7, 11) is 0. The quantitative estimate of drug-likeness (QED) is 0.692. The zero-order valence-corrected chi connectivity index (χ0v) is 15.8. The van der Waals surface area contributed by atoms with Crippen molar-refractivity contribution in [2.75, 3.05) is 13.2 Å². The van der Waals surface area contributed by atoms with E-state index in [0.29, 0.717) is 18.8 Å². The Kier molecular flexibility index (Phi) is 4.28. The summed E-state index contributed by atoms with van der Waals surface area (Å²) >= 11 is 5.80. The highest BCUT2D eigenvalue weighted by Crippen LogP contribution is 2.54. The molecule has 2 fully saturated rings. The van der Waals surface area contributed by atoms with E-state index in [-0.39, 0.29) is 15.9 Å². The Labute approximate surface area is 148 Å². The number of ether oxygens (including phenoxy) is 3. The fourth-order valence-corrected chi connectivity index (χ4v) is 3.43. The van der Waals surface area contributed by atoms with Crippen molar-refractivity contribution in [1.82, 2.24) is 0 Å². The molecule has 24 heavy (non-hydrogen) atoms. The Bertz CT molecular complexity index is 634. The second-order valence-electron chi connectivity index (χ2n) is 8.71. The first-order chi connectivity index (χ1) is 11.0. The Balaban J connectivity index is 1.94. The molecule has 0 aromatic heterocycles. The standard InChI is InChI=1S/C19H26ClFO3/c1-16(2,3)19(11-17(4,5)8-9-22-19)24-18(12-23-18)13-6-7-14(20)15(21)10-13/h6-7,10H,8-9,11-12H2,1-5H3. The molecule has 2 heterocycles. The zero-order valence-electron chi connectivity index (χ0n) is 15.0. The van der Waals surface area contributed by atoms with Gasteiger partial charge >= 0.3 is 0 Å². The molecule has 5 heteroatoms. The average molecular weight is 357 g/mol. The SMILES string of the molecule is CC1(C)CCOC(OC2(c3ccc(Cl)c(F)c3)CO2)(C(C)(C)C)C1. The Morgan fingerprint density at radius 3 is 2.38 bits per heavy atom. The molecule has 0 saturated carbocycles. The van der Waals surface area contributed by atoms with Gasteiger partial charge in [-0.25, -0.2) is 4.39 Å². The molecule has 0 bridgehead atoms. The first-order valence-electron chi connectivity index (χ1n) is 8.42. The molecule has 134 valence electrons. The average Bonchev–Trinajstić information content (AvgIpc) is 3.20. The van der Waals surface area contributed by atoms with Crippen molar-refractivity contribution in [1.29, 1.82) is 0 Å². The molecule has 2 aliphatic rings. The Morgan fingerprint density at radius 2 is 1.88 bits per heavy atom. The van der Waals surface area contributed by atoms with E-state index >= 15 is 0 Å². The molecule has 2 aliphatic heterocycles. The van der Waals surface area contributed by atoms with Crippen LogP contribution in [-0.2, 0) is 20.0 Å². The molecule has 0 aliphatic carbocycles. The van der Waals surface area contributed by atoms with Crippen molar-refractivity contribution in [3.63, 3.8) is 0 Å². The second kappa shape index (κ2) is 5.66.